The molecule has 18 heavy (non-hydrogen) atoms. The van der Waals surface area contributed by atoms with Crippen LogP contribution in [0.2, 0.25) is 0 Å². The first-order valence-electron chi connectivity index (χ1n) is 6.76. The molecule has 2 atom stereocenters. The van der Waals surface area contributed by atoms with Gasteiger partial charge in [0.2, 0.25) is 5.91 Å². The molecule has 1 amide bonds. The molecule has 1 aliphatic heterocycles. The molecule has 0 saturated carbocycles. The van der Waals surface area contributed by atoms with Gasteiger partial charge in [-0.25, -0.2) is 0 Å². The normalized spacial score (nSPS) is 25.4. The van der Waals surface area contributed by atoms with Crippen LogP contribution in [-0.4, -0.2) is 60.9 Å². The third-order valence-corrected chi connectivity index (χ3v) is 3.23. The van der Waals surface area contributed by atoms with Gasteiger partial charge >= 0.3 is 0 Å². The monoisotopic (exact) mass is 258 g/mol. The van der Waals surface area contributed by atoms with Crippen LogP contribution < -0.4 is 5.32 Å². The molecule has 1 aliphatic rings. The van der Waals surface area contributed by atoms with Crippen molar-refractivity contribution in [3.05, 3.63) is 0 Å². The van der Waals surface area contributed by atoms with Gasteiger partial charge in [0.1, 0.15) is 0 Å². The molecular formula is C13H26N2O3. The number of morpholine rings is 1. The lowest BCUT2D eigenvalue weighted by Crippen LogP contribution is -2.52. The number of hydrogen-bond acceptors (Lipinski definition) is 4. The average molecular weight is 258 g/mol. The van der Waals surface area contributed by atoms with Crippen molar-refractivity contribution in [2.45, 2.75) is 39.3 Å². The number of carbonyl (C=O) groups excluding carboxylic acids is 1. The number of aliphatic hydroxyl groups is 1. The van der Waals surface area contributed by atoms with Gasteiger partial charge in [-0.3, -0.25) is 9.69 Å². The minimum atomic E-state index is -0.162. The lowest BCUT2D eigenvalue weighted by Gasteiger charge is -2.36. The summed E-state index contributed by atoms with van der Waals surface area (Å²) in [4.78, 5) is 13.8. The minimum Gasteiger partial charge on any atom is -0.394 e. The van der Waals surface area contributed by atoms with Crippen LogP contribution in [0.1, 0.15) is 27.2 Å². The Balaban J connectivity index is 2.28. The molecule has 1 heterocycles. The van der Waals surface area contributed by atoms with Gasteiger partial charge in [-0.2, -0.15) is 0 Å². The highest BCUT2D eigenvalue weighted by Crippen LogP contribution is 2.10. The fraction of sp³-hybridized carbons (Fsp3) is 0.923. The van der Waals surface area contributed by atoms with E-state index in [0.29, 0.717) is 25.6 Å². The highest BCUT2D eigenvalue weighted by Gasteiger charge is 2.26. The zero-order valence-corrected chi connectivity index (χ0v) is 11.7. The quantitative estimate of drug-likeness (QED) is 0.716. The van der Waals surface area contributed by atoms with E-state index in [1.54, 1.807) is 0 Å². The molecule has 0 aromatic carbocycles. The lowest BCUT2D eigenvalue weighted by atomic mass is 10.1. The molecule has 0 bridgehead atoms. The van der Waals surface area contributed by atoms with Crippen LogP contribution in [0, 0.1) is 5.92 Å². The fourth-order valence-electron chi connectivity index (χ4n) is 1.95. The summed E-state index contributed by atoms with van der Waals surface area (Å²) in [5.74, 6) is 0.660. The minimum absolute atomic E-state index is 0.0121. The topological polar surface area (TPSA) is 61.8 Å². The molecule has 106 valence electrons. The second-order valence-electron chi connectivity index (χ2n) is 5.45. The molecule has 0 spiro atoms. The maximum absolute atomic E-state index is 11.8. The van der Waals surface area contributed by atoms with Gasteiger partial charge in [-0.05, 0) is 19.3 Å². The van der Waals surface area contributed by atoms with Crippen LogP contribution in [0.3, 0.4) is 0 Å². The number of aliphatic hydroxyl groups excluding tert-OH is 1. The Kier molecular flexibility index (Phi) is 6.60. The number of carbonyl (C=O) groups is 1. The first-order chi connectivity index (χ1) is 8.52. The number of nitrogens with one attached hydrogen (secondary N) is 1. The predicted octanol–water partition coefficient (Wildman–Crippen LogP) is 0.230. The fourth-order valence-corrected chi connectivity index (χ4v) is 1.95. The lowest BCUT2D eigenvalue weighted by molar-refractivity contribution is -0.127. The van der Waals surface area contributed by atoms with Crippen LogP contribution in [0.4, 0.5) is 0 Å². The number of hydrogen-bond donors (Lipinski definition) is 2. The van der Waals surface area contributed by atoms with Crippen molar-refractivity contribution < 1.29 is 14.6 Å². The van der Waals surface area contributed by atoms with E-state index in [4.69, 9.17) is 9.84 Å². The molecule has 0 aromatic rings. The molecular weight excluding hydrogens is 232 g/mol. The van der Waals surface area contributed by atoms with Gasteiger partial charge in [0.05, 0.1) is 25.9 Å². The van der Waals surface area contributed by atoms with E-state index in [9.17, 15) is 4.79 Å². The van der Waals surface area contributed by atoms with Crippen LogP contribution in [0.25, 0.3) is 0 Å². The first kappa shape index (κ1) is 15.4. The molecule has 2 N–H and O–H groups in total. The van der Waals surface area contributed by atoms with Crippen molar-refractivity contribution >= 4 is 5.91 Å². The van der Waals surface area contributed by atoms with Crippen molar-refractivity contribution in [1.29, 1.82) is 0 Å². The molecule has 1 saturated heterocycles. The highest BCUT2D eigenvalue weighted by atomic mass is 16.5. The van der Waals surface area contributed by atoms with E-state index < -0.39 is 0 Å². The van der Waals surface area contributed by atoms with E-state index in [-0.39, 0.29) is 24.7 Å². The first-order valence-corrected chi connectivity index (χ1v) is 6.76. The van der Waals surface area contributed by atoms with Crippen molar-refractivity contribution in [3.63, 3.8) is 0 Å². The van der Waals surface area contributed by atoms with Crippen LogP contribution in [0.5, 0.6) is 0 Å². The third kappa shape index (κ3) is 5.33. The second-order valence-corrected chi connectivity index (χ2v) is 5.45. The van der Waals surface area contributed by atoms with Crippen molar-refractivity contribution in [2.24, 2.45) is 5.92 Å². The number of rotatable bonds is 6. The zero-order valence-electron chi connectivity index (χ0n) is 11.7. The SMILES string of the molecule is CC(C)CCNC(=O)CN1CC(CO)OCC1C. The van der Waals surface area contributed by atoms with E-state index in [1.165, 1.54) is 0 Å². The van der Waals surface area contributed by atoms with Crippen LogP contribution in [0.15, 0.2) is 0 Å². The Morgan fingerprint density at radius 3 is 2.89 bits per heavy atom. The van der Waals surface area contributed by atoms with Gasteiger partial charge in [-0.15, -0.1) is 0 Å². The van der Waals surface area contributed by atoms with Gasteiger partial charge in [0.15, 0.2) is 0 Å². The molecule has 1 fully saturated rings. The number of amides is 1. The van der Waals surface area contributed by atoms with Crippen LogP contribution in [-0.2, 0) is 9.53 Å². The summed E-state index contributed by atoms with van der Waals surface area (Å²) in [5, 5.41) is 12.0. The van der Waals surface area contributed by atoms with E-state index in [0.717, 1.165) is 13.0 Å². The van der Waals surface area contributed by atoms with E-state index >= 15 is 0 Å². The molecule has 5 heteroatoms. The Morgan fingerprint density at radius 1 is 1.56 bits per heavy atom. The van der Waals surface area contributed by atoms with Gasteiger partial charge < -0.3 is 15.2 Å². The third-order valence-electron chi connectivity index (χ3n) is 3.23. The molecule has 5 nitrogen and oxygen atoms in total. The second kappa shape index (κ2) is 7.71. The Morgan fingerprint density at radius 2 is 2.28 bits per heavy atom. The molecule has 0 aliphatic carbocycles. The molecule has 1 rings (SSSR count). The van der Waals surface area contributed by atoms with E-state index in [2.05, 4.69) is 24.1 Å². The summed E-state index contributed by atoms with van der Waals surface area (Å²) >= 11 is 0. The summed E-state index contributed by atoms with van der Waals surface area (Å²) in [6.07, 6.45) is 0.841. The van der Waals surface area contributed by atoms with Gasteiger partial charge in [0, 0.05) is 19.1 Å². The summed E-state index contributed by atoms with van der Waals surface area (Å²) in [5.41, 5.74) is 0. The summed E-state index contributed by atoms with van der Waals surface area (Å²) in [6, 6.07) is 0.226. The Bertz CT molecular complexity index is 259. The summed E-state index contributed by atoms with van der Waals surface area (Å²) in [7, 11) is 0. The summed E-state index contributed by atoms with van der Waals surface area (Å²) in [6.45, 7) is 8.65. The summed E-state index contributed by atoms with van der Waals surface area (Å²) < 4.78 is 5.44. The zero-order chi connectivity index (χ0) is 13.5. The van der Waals surface area contributed by atoms with Crippen LogP contribution >= 0.6 is 0 Å². The van der Waals surface area contributed by atoms with Crippen molar-refractivity contribution in [2.75, 3.05) is 32.8 Å². The van der Waals surface area contributed by atoms with Gasteiger partial charge in [0.25, 0.3) is 0 Å². The maximum atomic E-state index is 11.8. The van der Waals surface area contributed by atoms with Crippen molar-refractivity contribution in [3.8, 4) is 0 Å². The largest absolute Gasteiger partial charge is 0.394 e. The van der Waals surface area contributed by atoms with Gasteiger partial charge in [-0.1, -0.05) is 13.8 Å². The highest BCUT2D eigenvalue weighted by molar-refractivity contribution is 5.78. The predicted molar refractivity (Wildman–Crippen MR) is 70.3 cm³/mol. The number of ether oxygens (including phenoxy) is 1. The average Bonchev–Trinajstić information content (AvgIpc) is 2.31. The molecule has 0 radical (unpaired) electrons. The smallest absolute Gasteiger partial charge is 0.234 e. The van der Waals surface area contributed by atoms with Crippen molar-refractivity contribution in [1.82, 2.24) is 10.2 Å². The standard InChI is InChI=1S/C13H26N2O3/c1-10(2)4-5-14-13(17)7-15-6-12(8-16)18-9-11(15)3/h10-12,16H,4-9H2,1-3H3,(H,14,17). The molecule has 0 aromatic heterocycles. The maximum Gasteiger partial charge on any atom is 0.234 e. The Labute approximate surface area is 109 Å². The number of nitrogens with zero attached hydrogens (tertiary/aromatic N) is 1. The van der Waals surface area contributed by atoms with E-state index in [1.807, 2.05) is 6.92 Å². The Hall–Kier alpha value is -0.650. The molecule has 2 unspecified atom stereocenters.